The van der Waals surface area contributed by atoms with Crippen molar-refractivity contribution < 1.29 is 4.79 Å². The first-order chi connectivity index (χ1) is 9.70. The van der Waals surface area contributed by atoms with Gasteiger partial charge in [-0.15, -0.1) is 0 Å². The molecule has 0 radical (unpaired) electrons. The largest absolute Gasteiger partial charge is 0.314 e. The zero-order valence-electron chi connectivity index (χ0n) is 13.0. The van der Waals surface area contributed by atoms with Crippen molar-refractivity contribution in [3.63, 3.8) is 0 Å². The standard InChI is InChI=1S/C18H27NO/c1-4-14-12-15(8-9-16(14)13-20)17(5-2)18(19-3)10-6-7-11-18/h8-9,12-13,17,19H,4-7,10-11H2,1-3H3. The lowest BCUT2D eigenvalue weighted by Gasteiger charge is -2.38. The molecule has 1 unspecified atom stereocenters. The number of benzene rings is 1. The maximum absolute atomic E-state index is 11.1. The SMILES string of the molecule is CCc1cc(C(CC)C2(NC)CCCC2)ccc1C=O. The van der Waals surface area contributed by atoms with Gasteiger partial charge in [-0.25, -0.2) is 0 Å². The van der Waals surface area contributed by atoms with Gasteiger partial charge in [-0.1, -0.05) is 44.9 Å². The van der Waals surface area contributed by atoms with Crippen molar-refractivity contribution >= 4 is 6.29 Å². The van der Waals surface area contributed by atoms with Crippen LogP contribution in [0.25, 0.3) is 0 Å². The second-order valence-electron chi connectivity index (χ2n) is 6.00. The van der Waals surface area contributed by atoms with Crippen LogP contribution in [0, 0.1) is 0 Å². The maximum Gasteiger partial charge on any atom is 0.150 e. The van der Waals surface area contributed by atoms with E-state index in [4.69, 9.17) is 0 Å². The summed E-state index contributed by atoms with van der Waals surface area (Å²) in [6, 6.07) is 6.42. The number of aryl methyl sites for hydroxylation is 1. The van der Waals surface area contributed by atoms with Crippen LogP contribution >= 0.6 is 0 Å². The predicted molar refractivity (Wildman–Crippen MR) is 84.5 cm³/mol. The van der Waals surface area contributed by atoms with Crippen LogP contribution in [0.4, 0.5) is 0 Å². The first-order valence-electron chi connectivity index (χ1n) is 7.97. The van der Waals surface area contributed by atoms with E-state index >= 15 is 0 Å². The summed E-state index contributed by atoms with van der Waals surface area (Å²) < 4.78 is 0. The third-order valence-corrected chi connectivity index (χ3v) is 5.15. The Morgan fingerprint density at radius 3 is 2.50 bits per heavy atom. The molecular weight excluding hydrogens is 246 g/mol. The Morgan fingerprint density at radius 2 is 2.00 bits per heavy atom. The normalized spacial score (nSPS) is 18.9. The fourth-order valence-electron chi connectivity index (χ4n) is 3.99. The number of nitrogens with one attached hydrogen (secondary N) is 1. The first-order valence-corrected chi connectivity index (χ1v) is 7.97. The number of likely N-dealkylation sites (N-methyl/N-ethyl adjacent to an activating group) is 1. The van der Waals surface area contributed by atoms with Gasteiger partial charge >= 0.3 is 0 Å². The number of aldehydes is 1. The Morgan fingerprint density at radius 1 is 1.30 bits per heavy atom. The topological polar surface area (TPSA) is 29.1 Å². The van der Waals surface area contributed by atoms with Gasteiger partial charge in [0.25, 0.3) is 0 Å². The van der Waals surface area contributed by atoms with Crippen LogP contribution < -0.4 is 5.32 Å². The lowest BCUT2D eigenvalue weighted by molar-refractivity contribution is 0.112. The minimum absolute atomic E-state index is 0.252. The van der Waals surface area contributed by atoms with E-state index in [1.807, 2.05) is 6.07 Å². The minimum Gasteiger partial charge on any atom is -0.314 e. The highest BCUT2D eigenvalue weighted by atomic mass is 16.1. The molecule has 0 aliphatic heterocycles. The van der Waals surface area contributed by atoms with Gasteiger partial charge in [0, 0.05) is 17.0 Å². The van der Waals surface area contributed by atoms with Gasteiger partial charge in [-0.05, 0) is 43.9 Å². The van der Waals surface area contributed by atoms with Crippen molar-refractivity contribution in [2.24, 2.45) is 0 Å². The Labute approximate surface area is 123 Å². The van der Waals surface area contributed by atoms with E-state index in [0.29, 0.717) is 5.92 Å². The summed E-state index contributed by atoms with van der Waals surface area (Å²) in [5, 5.41) is 3.62. The molecule has 0 aromatic heterocycles. The van der Waals surface area contributed by atoms with Gasteiger partial charge < -0.3 is 5.32 Å². The Balaban J connectivity index is 2.38. The molecule has 1 atom stereocenters. The molecule has 1 aromatic rings. The lowest BCUT2D eigenvalue weighted by Crippen LogP contribution is -2.45. The highest BCUT2D eigenvalue weighted by Gasteiger charge is 2.39. The molecule has 20 heavy (non-hydrogen) atoms. The summed E-state index contributed by atoms with van der Waals surface area (Å²) in [6.07, 6.45) is 8.22. The molecule has 1 fully saturated rings. The third-order valence-electron chi connectivity index (χ3n) is 5.15. The second kappa shape index (κ2) is 6.53. The maximum atomic E-state index is 11.1. The monoisotopic (exact) mass is 273 g/mol. The molecule has 2 rings (SSSR count). The summed E-state index contributed by atoms with van der Waals surface area (Å²) >= 11 is 0. The molecule has 0 saturated heterocycles. The van der Waals surface area contributed by atoms with E-state index in [0.717, 1.165) is 24.7 Å². The van der Waals surface area contributed by atoms with E-state index < -0.39 is 0 Å². The highest BCUT2D eigenvalue weighted by Crippen LogP contribution is 2.43. The Kier molecular flexibility index (Phi) is 4.98. The van der Waals surface area contributed by atoms with Crippen molar-refractivity contribution in [1.29, 1.82) is 0 Å². The molecule has 0 spiro atoms. The van der Waals surface area contributed by atoms with Gasteiger partial charge in [0.05, 0.1) is 0 Å². The van der Waals surface area contributed by atoms with Gasteiger partial charge in [0.1, 0.15) is 6.29 Å². The van der Waals surface area contributed by atoms with Crippen LogP contribution in [0.1, 0.15) is 73.4 Å². The molecule has 1 aliphatic rings. The molecule has 1 aliphatic carbocycles. The van der Waals surface area contributed by atoms with E-state index in [-0.39, 0.29) is 5.54 Å². The summed E-state index contributed by atoms with van der Waals surface area (Å²) in [6.45, 7) is 4.40. The third kappa shape index (κ3) is 2.67. The van der Waals surface area contributed by atoms with Crippen molar-refractivity contribution in [3.05, 3.63) is 34.9 Å². The predicted octanol–water partition coefficient (Wildman–Crippen LogP) is 4.09. The van der Waals surface area contributed by atoms with E-state index in [2.05, 4.69) is 38.3 Å². The molecule has 1 saturated carbocycles. The van der Waals surface area contributed by atoms with E-state index in [1.54, 1.807) is 0 Å². The highest BCUT2D eigenvalue weighted by molar-refractivity contribution is 5.77. The zero-order chi connectivity index (χ0) is 14.6. The number of hydrogen-bond acceptors (Lipinski definition) is 2. The van der Waals surface area contributed by atoms with Crippen LogP contribution in [0.3, 0.4) is 0 Å². The Hall–Kier alpha value is -1.15. The van der Waals surface area contributed by atoms with Crippen LogP contribution in [0.15, 0.2) is 18.2 Å². The molecular formula is C18H27NO. The van der Waals surface area contributed by atoms with Crippen LogP contribution in [-0.2, 0) is 6.42 Å². The van der Waals surface area contributed by atoms with Crippen LogP contribution in [-0.4, -0.2) is 18.9 Å². The quantitative estimate of drug-likeness (QED) is 0.791. The average Bonchev–Trinajstić information content (AvgIpc) is 2.97. The van der Waals surface area contributed by atoms with Gasteiger partial charge in [0.2, 0.25) is 0 Å². The van der Waals surface area contributed by atoms with Gasteiger partial charge in [-0.2, -0.15) is 0 Å². The molecule has 2 heteroatoms. The minimum atomic E-state index is 0.252. The molecule has 1 N–H and O–H groups in total. The van der Waals surface area contributed by atoms with E-state index in [1.165, 1.54) is 36.8 Å². The molecule has 0 bridgehead atoms. The van der Waals surface area contributed by atoms with Gasteiger partial charge in [0.15, 0.2) is 0 Å². The Bertz CT molecular complexity index is 460. The summed E-state index contributed by atoms with van der Waals surface area (Å²) in [5.41, 5.74) is 3.67. The van der Waals surface area contributed by atoms with Crippen LogP contribution in [0.2, 0.25) is 0 Å². The lowest BCUT2D eigenvalue weighted by atomic mass is 9.75. The number of hydrogen-bond donors (Lipinski definition) is 1. The molecule has 1 aromatic carbocycles. The van der Waals surface area contributed by atoms with Gasteiger partial charge in [-0.3, -0.25) is 4.79 Å². The number of rotatable bonds is 6. The number of carbonyl (C=O) groups is 1. The summed E-state index contributed by atoms with van der Waals surface area (Å²) in [5.74, 6) is 0.543. The van der Waals surface area contributed by atoms with Crippen molar-refractivity contribution in [2.75, 3.05) is 7.05 Å². The average molecular weight is 273 g/mol. The fraction of sp³-hybridized carbons (Fsp3) is 0.611. The molecule has 110 valence electrons. The van der Waals surface area contributed by atoms with Crippen LogP contribution in [0.5, 0.6) is 0 Å². The molecule has 0 heterocycles. The molecule has 0 amide bonds. The molecule has 2 nitrogen and oxygen atoms in total. The van der Waals surface area contributed by atoms with Crippen molar-refractivity contribution in [1.82, 2.24) is 5.32 Å². The van der Waals surface area contributed by atoms with Crippen molar-refractivity contribution in [2.45, 2.75) is 63.8 Å². The summed E-state index contributed by atoms with van der Waals surface area (Å²) in [7, 11) is 2.11. The van der Waals surface area contributed by atoms with Crippen molar-refractivity contribution in [3.8, 4) is 0 Å². The fourth-order valence-corrected chi connectivity index (χ4v) is 3.99. The van der Waals surface area contributed by atoms with E-state index in [9.17, 15) is 4.79 Å². The zero-order valence-corrected chi connectivity index (χ0v) is 13.0. The smallest absolute Gasteiger partial charge is 0.150 e. The number of carbonyl (C=O) groups excluding carboxylic acids is 1. The summed E-state index contributed by atoms with van der Waals surface area (Å²) in [4.78, 5) is 11.1. The second-order valence-corrected chi connectivity index (χ2v) is 6.00. The first kappa shape index (κ1) is 15.2.